The summed E-state index contributed by atoms with van der Waals surface area (Å²) >= 11 is 1.92. The highest BCUT2D eigenvalue weighted by Gasteiger charge is 2.32. The van der Waals surface area contributed by atoms with Crippen molar-refractivity contribution in [2.24, 2.45) is 0 Å². The first-order valence-corrected chi connectivity index (χ1v) is 7.64. The molecule has 0 heterocycles. The van der Waals surface area contributed by atoms with Crippen molar-refractivity contribution < 1.29 is 9.90 Å². The van der Waals surface area contributed by atoms with Gasteiger partial charge in [-0.3, -0.25) is 0 Å². The molecule has 0 radical (unpaired) electrons. The molecule has 0 amide bonds. The fourth-order valence-corrected chi connectivity index (χ4v) is 3.88. The fraction of sp³-hybridized carbons (Fsp3) is 0.533. The van der Waals surface area contributed by atoms with Crippen LogP contribution in [0.2, 0.25) is 0 Å². The summed E-state index contributed by atoms with van der Waals surface area (Å²) in [6.07, 6.45) is 5.93. The largest absolute Gasteiger partial charge is 0.478 e. The Bertz CT molecular complexity index is 488. The lowest BCUT2D eigenvalue weighted by Gasteiger charge is -2.15. The molecule has 2 aliphatic rings. The van der Waals surface area contributed by atoms with Gasteiger partial charge in [0, 0.05) is 10.1 Å². The molecule has 0 atom stereocenters. The molecule has 0 saturated heterocycles. The minimum atomic E-state index is -0.785. The van der Waals surface area contributed by atoms with Gasteiger partial charge in [0.1, 0.15) is 0 Å². The van der Waals surface area contributed by atoms with Gasteiger partial charge in [-0.25, -0.2) is 4.79 Å². The molecule has 0 aromatic heterocycles. The van der Waals surface area contributed by atoms with Crippen LogP contribution in [0.15, 0.2) is 17.0 Å². The van der Waals surface area contributed by atoms with Crippen molar-refractivity contribution >= 4 is 17.7 Å². The van der Waals surface area contributed by atoms with E-state index in [1.54, 1.807) is 0 Å². The van der Waals surface area contributed by atoms with Gasteiger partial charge in [0.15, 0.2) is 0 Å². The van der Waals surface area contributed by atoms with Crippen LogP contribution in [0.25, 0.3) is 0 Å². The first-order valence-electron chi connectivity index (χ1n) is 6.76. The average Bonchev–Trinajstić information content (AvgIpc) is 3.21. The third-order valence-corrected chi connectivity index (χ3v) is 5.22. The van der Waals surface area contributed by atoms with Gasteiger partial charge in [-0.15, -0.1) is 11.8 Å². The molecule has 2 fully saturated rings. The molecule has 2 nitrogen and oxygen atoms in total. The summed E-state index contributed by atoms with van der Waals surface area (Å²) in [4.78, 5) is 12.6. The molecular formula is C15H18O2S. The number of carbonyl (C=O) groups is 1. The molecule has 0 spiro atoms. The van der Waals surface area contributed by atoms with E-state index in [1.807, 2.05) is 17.8 Å². The van der Waals surface area contributed by atoms with Crippen molar-refractivity contribution in [2.45, 2.75) is 55.1 Å². The molecule has 1 N–H and O–H groups in total. The third kappa shape index (κ3) is 2.28. The van der Waals surface area contributed by atoms with Gasteiger partial charge >= 0.3 is 5.97 Å². The van der Waals surface area contributed by atoms with Gasteiger partial charge < -0.3 is 5.11 Å². The lowest BCUT2D eigenvalue weighted by Crippen LogP contribution is -2.05. The molecule has 3 heteroatoms. The maximum Gasteiger partial charge on any atom is 0.336 e. The normalized spacial score (nSPS) is 18.9. The first-order chi connectivity index (χ1) is 8.70. The van der Waals surface area contributed by atoms with Crippen LogP contribution in [-0.2, 0) is 6.42 Å². The second-order valence-corrected chi connectivity index (χ2v) is 6.57. The second kappa shape index (κ2) is 4.61. The summed E-state index contributed by atoms with van der Waals surface area (Å²) in [5.41, 5.74) is 2.97. The smallest absolute Gasteiger partial charge is 0.336 e. The van der Waals surface area contributed by atoms with E-state index < -0.39 is 5.97 Å². The van der Waals surface area contributed by atoms with E-state index in [-0.39, 0.29) is 0 Å². The minimum Gasteiger partial charge on any atom is -0.478 e. The maximum atomic E-state index is 11.3. The van der Waals surface area contributed by atoms with Gasteiger partial charge in [0.25, 0.3) is 0 Å². The summed E-state index contributed by atoms with van der Waals surface area (Å²) in [5.74, 6) is -0.0914. The van der Waals surface area contributed by atoms with Gasteiger partial charge in [-0.2, -0.15) is 0 Å². The molecular weight excluding hydrogens is 244 g/mol. The Balaban J connectivity index is 2.06. The molecule has 3 rings (SSSR count). The maximum absolute atomic E-state index is 11.3. The number of aromatic carboxylic acids is 1. The molecule has 96 valence electrons. The van der Waals surface area contributed by atoms with E-state index in [2.05, 4.69) is 13.0 Å². The van der Waals surface area contributed by atoms with Crippen LogP contribution in [0.1, 0.15) is 60.0 Å². The van der Waals surface area contributed by atoms with Crippen molar-refractivity contribution in [3.8, 4) is 0 Å². The van der Waals surface area contributed by atoms with Crippen LogP contribution in [0.5, 0.6) is 0 Å². The fourth-order valence-electron chi connectivity index (χ4n) is 2.40. The Morgan fingerprint density at radius 3 is 2.56 bits per heavy atom. The number of carboxylic acids is 1. The third-order valence-electron chi connectivity index (χ3n) is 3.70. The monoisotopic (exact) mass is 262 g/mol. The predicted molar refractivity (Wildman–Crippen MR) is 73.6 cm³/mol. The Hall–Kier alpha value is -0.960. The van der Waals surface area contributed by atoms with Crippen molar-refractivity contribution in [2.75, 3.05) is 0 Å². The van der Waals surface area contributed by atoms with E-state index in [9.17, 15) is 9.90 Å². The number of thioether (sulfide) groups is 1. The van der Waals surface area contributed by atoms with E-state index in [4.69, 9.17) is 0 Å². The Kier molecular flexibility index (Phi) is 3.10. The predicted octanol–water partition coefficient (Wildman–Crippen LogP) is 4.08. The van der Waals surface area contributed by atoms with Crippen LogP contribution in [0.3, 0.4) is 0 Å². The van der Waals surface area contributed by atoms with Gasteiger partial charge in [0.05, 0.1) is 5.56 Å². The number of benzene rings is 1. The molecule has 18 heavy (non-hydrogen) atoms. The average molecular weight is 262 g/mol. The van der Waals surface area contributed by atoms with E-state index in [0.717, 1.165) is 17.2 Å². The standard InChI is InChI=1S/C15H18O2S/c1-2-11-13(15(16)17)8-7-12(9-3-4-9)14(11)18-10-5-6-10/h7-10H,2-6H2,1H3,(H,16,17). The van der Waals surface area contributed by atoms with Crippen molar-refractivity contribution in [3.05, 3.63) is 28.8 Å². The zero-order valence-electron chi connectivity index (χ0n) is 10.6. The summed E-state index contributed by atoms with van der Waals surface area (Å²) in [6, 6.07) is 3.87. The van der Waals surface area contributed by atoms with Crippen LogP contribution in [-0.4, -0.2) is 16.3 Å². The summed E-state index contributed by atoms with van der Waals surface area (Å²) in [5, 5.41) is 10.0. The van der Waals surface area contributed by atoms with Crippen molar-refractivity contribution in [1.82, 2.24) is 0 Å². The topological polar surface area (TPSA) is 37.3 Å². The summed E-state index contributed by atoms with van der Waals surface area (Å²) in [6.45, 7) is 2.06. The highest BCUT2D eigenvalue weighted by atomic mass is 32.2. The zero-order chi connectivity index (χ0) is 12.7. The highest BCUT2D eigenvalue weighted by Crippen LogP contribution is 2.49. The van der Waals surface area contributed by atoms with Crippen molar-refractivity contribution in [3.63, 3.8) is 0 Å². The first kappa shape index (κ1) is 12.1. The van der Waals surface area contributed by atoms with Gasteiger partial charge in [-0.05, 0) is 55.2 Å². The highest BCUT2D eigenvalue weighted by molar-refractivity contribution is 8.00. The van der Waals surface area contributed by atoms with Gasteiger partial charge in [0.2, 0.25) is 0 Å². The molecule has 0 unspecified atom stereocenters. The number of hydrogen-bond acceptors (Lipinski definition) is 2. The molecule has 0 aliphatic heterocycles. The lowest BCUT2D eigenvalue weighted by atomic mass is 9.99. The van der Waals surface area contributed by atoms with Crippen LogP contribution in [0, 0.1) is 0 Å². The Morgan fingerprint density at radius 2 is 2.06 bits per heavy atom. The van der Waals surface area contributed by atoms with Crippen LogP contribution in [0.4, 0.5) is 0 Å². The molecule has 2 saturated carbocycles. The van der Waals surface area contributed by atoms with Gasteiger partial charge in [-0.1, -0.05) is 13.0 Å². The van der Waals surface area contributed by atoms with E-state index in [0.29, 0.717) is 11.5 Å². The van der Waals surface area contributed by atoms with E-state index in [1.165, 1.54) is 36.1 Å². The lowest BCUT2D eigenvalue weighted by molar-refractivity contribution is 0.0695. The second-order valence-electron chi connectivity index (χ2n) is 5.26. The minimum absolute atomic E-state index is 0.505. The Labute approximate surface area is 112 Å². The number of rotatable bonds is 5. The summed E-state index contributed by atoms with van der Waals surface area (Å²) < 4.78 is 0. The number of hydrogen-bond donors (Lipinski definition) is 1. The zero-order valence-corrected chi connectivity index (χ0v) is 11.4. The SMILES string of the molecule is CCc1c(C(=O)O)ccc(C2CC2)c1SC1CC1. The van der Waals surface area contributed by atoms with E-state index >= 15 is 0 Å². The van der Waals surface area contributed by atoms with Crippen LogP contribution < -0.4 is 0 Å². The molecule has 0 bridgehead atoms. The van der Waals surface area contributed by atoms with Crippen molar-refractivity contribution in [1.29, 1.82) is 0 Å². The van der Waals surface area contributed by atoms with Crippen LogP contribution >= 0.6 is 11.8 Å². The molecule has 1 aromatic carbocycles. The Morgan fingerprint density at radius 1 is 1.33 bits per heavy atom. The quantitative estimate of drug-likeness (QED) is 0.868. The number of carboxylic acid groups (broad SMARTS) is 1. The molecule has 1 aromatic rings. The molecule has 2 aliphatic carbocycles. The summed E-state index contributed by atoms with van der Waals surface area (Å²) in [7, 11) is 0.